The average molecular weight is 485 g/mol. The molecule has 0 aliphatic heterocycles. The summed E-state index contributed by atoms with van der Waals surface area (Å²) in [5.41, 5.74) is 4.18. The maximum absolute atomic E-state index is 13.2. The van der Waals surface area contributed by atoms with Gasteiger partial charge in [-0.15, -0.1) is 0 Å². The van der Waals surface area contributed by atoms with Gasteiger partial charge in [-0.05, 0) is 41.0 Å². The quantitative estimate of drug-likeness (QED) is 0.251. The maximum Gasteiger partial charge on any atom is 0.243 e. The molecule has 1 heterocycles. The number of aromatic nitrogens is 2. The zero-order valence-electron chi connectivity index (χ0n) is 19.7. The lowest BCUT2D eigenvalue weighted by Crippen LogP contribution is -2.49. The minimum Gasteiger partial charge on any atom is -0.350 e. The van der Waals surface area contributed by atoms with Crippen LogP contribution in [0.2, 0.25) is 0 Å². The van der Waals surface area contributed by atoms with Crippen LogP contribution in [0.5, 0.6) is 0 Å². The zero-order valence-corrected chi connectivity index (χ0v) is 20.5. The van der Waals surface area contributed by atoms with Crippen molar-refractivity contribution in [3.63, 3.8) is 0 Å². The molecule has 0 aliphatic carbocycles. The molecule has 3 N–H and O–H groups in total. The minimum absolute atomic E-state index is 0.102. The van der Waals surface area contributed by atoms with Crippen LogP contribution >= 0.6 is 12.2 Å². The molecule has 0 radical (unpaired) electrons. The van der Waals surface area contributed by atoms with Crippen LogP contribution in [0, 0.1) is 0 Å². The van der Waals surface area contributed by atoms with Gasteiger partial charge in [0.25, 0.3) is 0 Å². The topological polar surface area (TPSA) is 62.0 Å². The number of rotatable bonds is 9. The van der Waals surface area contributed by atoms with E-state index in [4.69, 9.17) is 12.2 Å². The standard InChI is InChI=1S/C28H29N5OS/c1-32-16-17-33(21-32)20-24-14-12-23(13-15-24)19-29-27(34)26(18-22-8-4-2-5-9-22)31-28(35)30-25-10-6-3-7-11-25/h2-17,21,26H,18-20H2,1H3,(H2-,29,30,31,34,35)/p+1/t26-/m0/s1. The fourth-order valence-corrected chi connectivity index (χ4v) is 4.05. The number of anilines is 1. The highest BCUT2D eigenvalue weighted by molar-refractivity contribution is 7.80. The molecule has 0 spiro atoms. The lowest BCUT2D eigenvalue weighted by Gasteiger charge is -2.21. The highest BCUT2D eigenvalue weighted by Gasteiger charge is 2.20. The second-order valence-corrected chi connectivity index (χ2v) is 8.90. The molecule has 4 rings (SSSR count). The van der Waals surface area contributed by atoms with Gasteiger partial charge in [-0.1, -0.05) is 72.8 Å². The number of hydrogen-bond donors (Lipinski definition) is 3. The third kappa shape index (κ3) is 7.52. The van der Waals surface area contributed by atoms with Crippen LogP contribution in [0.3, 0.4) is 0 Å². The van der Waals surface area contributed by atoms with E-state index in [1.807, 2.05) is 91.0 Å². The number of amides is 1. The Hall–Kier alpha value is -3.97. The highest BCUT2D eigenvalue weighted by Crippen LogP contribution is 2.09. The Balaban J connectivity index is 1.36. The Labute approximate surface area is 211 Å². The van der Waals surface area contributed by atoms with Gasteiger partial charge in [-0.25, -0.2) is 9.13 Å². The Bertz CT molecular complexity index is 1240. The number of carbonyl (C=O) groups excluding carboxylic acids is 1. The van der Waals surface area contributed by atoms with E-state index in [1.54, 1.807) is 0 Å². The number of para-hydroxylation sites is 1. The molecule has 0 unspecified atom stereocenters. The monoisotopic (exact) mass is 484 g/mol. The third-order valence-electron chi connectivity index (χ3n) is 5.61. The molecular formula is C28H30N5OS+. The molecule has 0 saturated heterocycles. The molecular weight excluding hydrogens is 454 g/mol. The molecule has 0 bridgehead atoms. The lowest BCUT2D eigenvalue weighted by molar-refractivity contribution is -0.671. The molecule has 0 saturated carbocycles. The molecule has 0 aliphatic rings. The molecule has 35 heavy (non-hydrogen) atoms. The van der Waals surface area contributed by atoms with Crippen molar-refractivity contribution in [2.24, 2.45) is 7.05 Å². The predicted octanol–water partition coefficient (Wildman–Crippen LogP) is 3.58. The van der Waals surface area contributed by atoms with Gasteiger partial charge in [0.1, 0.15) is 25.0 Å². The van der Waals surface area contributed by atoms with Crippen LogP contribution in [0.4, 0.5) is 5.69 Å². The molecule has 7 heteroatoms. The number of thiocarbonyl (C=S) groups is 1. The van der Waals surface area contributed by atoms with Crippen LogP contribution in [0.15, 0.2) is 104 Å². The van der Waals surface area contributed by atoms with Gasteiger partial charge in [0.05, 0.1) is 7.05 Å². The van der Waals surface area contributed by atoms with E-state index in [1.165, 1.54) is 5.56 Å². The van der Waals surface area contributed by atoms with Gasteiger partial charge in [0, 0.05) is 18.7 Å². The van der Waals surface area contributed by atoms with Gasteiger partial charge in [0.15, 0.2) is 5.11 Å². The van der Waals surface area contributed by atoms with E-state index in [0.29, 0.717) is 18.1 Å². The number of nitrogens with one attached hydrogen (secondary N) is 3. The Kier molecular flexibility index (Phi) is 8.25. The first-order chi connectivity index (χ1) is 17.0. The Morgan fingerprint density at radius 3 is 2.23 bits per heavy atom. The van der Waals surface area contributed by atoms with E-state index in [2.05, 4.69) is 44.8 Å². The molecule has 1 aromatic heterocycles. The Morgan fingerprint density at radius 2 is 1.57 bits per heavy atom. The molecule has 178 valence electrons. The summed E-state index contributed by atoms with van der Waals surface area (Å²) in [6.07, 6.45) is 6.64. The van der Waals surface area contributed by atoms with E-state index >= 15 is 0 Å². The van der Waals surface area contributed by atoms with E-state index in [-0.39, 0.29) is 5.91 Å². The molecule has 0 fully saturated rings. The summed E-state index contributed by atoms with van der Waals surface area (Å²) in [6.45, 7) is 1.26. The molecule has 1 atom stereocenters. The fraction of sp³-hybridized carbons (Fsp3) is 0.179. The molecule has 3 aromatic carbocycles. The number of carbonyl (C=O) groups is 1. The minimum atomic E-state index is -0.505. The van der Waals surface area contributed by atoms with E-state index in [0.717, 1.165) is 23.4 Å². The van der Waals surface area contributed by atoms with Crippen molar-refractivity contribution in [1.29, 1.82) is 0 Å². The Morgan fingerprint density at radius 1 is 0.914 bits per heavy atom. The van der Waals surface area contributed by atoms with Crippen molar-refractivity contribution in [2.75, 3.05) is 5.32 Å². The predicted molar refractivity (Wildman–Crippen MR) is 143 cm³/mol. The summed E-state index contributed by atoms with van der Waals surface area (Å²) >= 11 is 5.49. The summed E-state index contributed by atoms with van der Waals surface area (Å²) < 4.78 is 4.15. The van der Waals surface area contributed by atoms with Gasteiger partial charge in [-0.2, -0.15) is 0 Å². The second-order valence-electron chi connectivity index (χ2n) is 8.49. The van der Waals surface area contributed by atoms with Crippen molar-refractivity contribution in [2.45, 2.75) is 25.6 Å². The summed E-state index contributed by atoms with van der Waals surface area (Å²) in [5, 5.41) is 9.82. The SMILES string of the molecule is C[n+]1ccn(Cc2ccc(CNC(=O)[C@H](Cc3ccccc3)NC(=S)Nc3ccccc3)cc2)c1. The van der Waals surface area contributed by atoms with Crippen molar-refractivity contribution in [3.8, 4) is 0 Å². The van der Waals surface area contributed by atoms with Crippen molar-refractivity contribution >= 4 is 28.9 Å². The summed E-state index contributed by atoms with van der Waals surface area (Å²) in [5.74, 6) is -0.102. The lowest BCUT2D eigenvalue weighted by atomic mass is 10.1. The number of hydrogen-bond acceptors (Lipinski definition) is 2. The molecule has 1 amide bonds. The van der Waals surface area contributed by atoms with Gasteiger partial charge < -0.3 is 16.0 Å². The van der Waals surface area contributed by atoms with Gasteiger partial charge in [-0.3, -0.25) is 4.79 Å². The average Bonchev–Trinajstić information content (AvgIpc) is 3.28. The first-order valence-electron chi connectivity index (χ1n) is 11.6. The van der Waals surface area contributed by atoms with Gasteiger partial charge in [0.2, 0.25) is 12.2 Å². The number of imidazole rings is 1. The van der Waals surface area contributed by atoms with Crippen molar-refractivity contribution in [3.05, 3.63) is 120 Å². The van der Waals surface area contributed by atoms with Crippen molar-refractivity contribution < 1.29 is 9.36 Å². The van der Waals surface area contributed by atoms with E-state index < -0.39 is 6.04 Å². The molecule has 4 aromatic rings. The zero-order chi connectivity index (χ0) is 24.5. The summed E-state index contributed by atoms with van der Waals surface area (Å²) in [7, 11) is 2.01. The number of aryl methyl sites for hydroxylation is 1. The van der Waals surface area contributed by atoms with E-state index in [9.17, 15) is 4.79 Å². The summed E-state index contributed by atoms with van der Waals surface area (Å²) in [4.78, 5) is 13.2. The smallest absolute Gasteiger partial charge is 0.243 e. The summed E-state index contributed by atoms with van der Waals surface area (Å²) in [6, 6.07) is 27.4. The highest BCUT2D eigenvalue weighted by atomic mass is 32.1. The fourth-order valence-electron chi connectivity index (χ4n) is 3.79. The van der Waals surface area contributed by atoms with Crippen LogP contribution in [-0.4, -0.2) is 21.6 Å². The van der Waals surface area contributed by atoms with Crippen LogP contribution < -0.4 is 20.5 Å². The van der Waals surface area contributed by atoms with Gasteiger partial charge >= 0.3 is 0 Å². The largest absolute Gasteiger partial charge is 0.350 e. The number of nitrogens with zero attached hydrogens (tertiary/aromatic N) is 2. The van der Waals surface area contributed by atoms with Crippen LogP contribution in [0.1, 0.15) is 16.7 Å². The van der Waals surface area contributed by atoms with Crippen LogP contribution in [-0.2, 0) is 31.4 Å². The maximum atomic E-state index is 13.2. The van der Waals surface area contributed by atoms with Crippen LogP contribution in [0.25, 0.3) is 0 Å². The number of benzene rings is 3. The second kappa shape index (κ2) is 11.9. The third-order valence-corrected chi connectivity index (χ3v) is 5.83. The van der Waals surface area contributed by atoms with Crippen molar-refractivity contribution in [1.82, 2.24) is 15.2 Å². The first-order valence-corrected chi connectivity index (χ1v) is 12.0. The first kappa shape index (κ1) is 24.2. The normalized spacial score (nSPS) is 11.5. The molecule has 6 nitrogen and oxygen atoms in total.